The van der Waals surface area contributed by atoms with Gasteiger partial charge in [0.25, 0.3) is 11.6 Å². The lowest BCUT2D eigenvalue weighted by Crippen LogP contribution is -2.32. The van der Waals surface area contributed by atoms with E-state index in [4.69, 9.17) is 9.47 Å². The SMILES string of the molecule is Cc1cccc(OCCNC(=O)COC(=O)c2cc([N+](=O)[O-])ccc2N(C)C)c1. The standard InChI is InChI=1S/C20H23N3O6/c1-14-5-4-6-16(11-14)28-10-9-21-19(24)13-29-20(25)17-12-15(23(26)27)7-8-18(17)22(2)3/h4-8,11-12H,9-10,13H2,1-3H3,(H,21,24). The summed E-state index contributed by atoms with van der Waals surface area (Å²) in [5.41, 5.74) is 1.30. The molecule has 0 spiro atoms. The number of carbonyl (C=O) groups is 2. The fourth-order valence-corrected chi connectivity index (χ4v) is 2.52. The molecule has 0 unspecified atom stereocenters. The number of ether oxygens (including phenoxy) is 2. The van der Waals surface area contributed by atoms with Gasteiger partial charge in [-0.25, -0.2) is 4.79 Å². The molecule has 2 rings (SSSR count). The molecule has 0 heterocycles. The van der Waals surface area contributed by atoms with Crippen molar-refractivity contribution in [3.63, 3.8) is 0 Å². The molecule has 2 aromatic carbocycles. The van der Waals surface area contributed by atoms with Gasteiger partial charge in [-0.05, 0) is 30.7 Å². The van der Waals surface area contributed by atoms with E-state index >= 15 is 0 Å². The van der Waals surface area contributed by atoms with Gasteiger partial charge in [0.2, 0.25) is 0 Å². The summed E-state index contributed by atoms with van der Waals surface area (Å²) >= 11 is 0. The summed E-state index contributed by atoms with van der Waals surface area (Å²) in [4.78, 5) is 36.2. The summed E-state index contributed by atoms with van der Waals surface area (Å²) in [5.74, 6) is -0.612. The summed E-state index contributed by atoms with van der Waals surface area (Å²) in [5, 5.41) is 13.5. The normalized spacial score (nSPS) is 10.2. The van der Waals surface area contributed by atoms with Gasteiger partial charge in [0.05, 0.1) is 22.7 Å². The zero-order valence-corrected chi connectivity index (χ0v) is 16.5. The number of hydrogen-bond acceptors (Lipinski definition) is 7. The third-order valence-electron chi connectivity index (χ3n) is 3.91. The van der Waals surface area contributed by atoms with Gasteiger partial charge in [0.15, 0.2) is 6.61 Å². The number of non-ortho nitro benzene ring substituents is 1. The highest BCUT2D eigenvalue weighted by atomic mass is 16.6. The summed E-state index contributed by atoms with van der Waals surface area (Å²) < 4.78 is 10.5. The van der Waals surface area contributed by atoms with Crippen LogP contribution in [0.2, 0.25) is 0 Å². The molecule has 0 radical (unpaired) electrons. The predicted octanol–water partition coefficient (Wildman–Crippen LogP) is 2.32. The Morgan fingerprint density at radius 1 is 1.17 bits per heavy atom. The largest absolute Gasteiger partial charge is 0.492 e. The van der Waals surface area contributed by atoms with Crippen LogP contribution in [0, 0.1) is 17.0 Å². The maximum atomic E-state index is 12.3. The maximum absolute atomic E-state index is 12.3. The molecular weight excluding hydrogens is 378 g/mol. The molecule has 0 aliphatic carbocycles. The lowest BCUT2D eigenvalue weighted by atomic mass is 10.1. The van der Waals surface area contributed by atoms with E-state index < -0.39 is 23.4 Å². The van der Waals surface area contributed by atoms with E-state index in [2.05, 4.69) is 5.32 Å². The number of amides is 1. The number of nitrogens with one attached hydrogen (secondary N) is 1. The van der Waals surface area contributed by atoms with Gasteiger partial charge in [0.1, 0.15) is 12.4 Å². The fraction of sp³-hybridized carbons (Fsp3) is 0.300. The molecule has 2 aromatic rings. The van der Waals surface area contributed by atoms with Crippen molar-refractivity contribution in [1.29, 1.82) is 0 Å². The number of nitro benzene ring substituents is 1. The van der Waals surface area contributed by atoms with Crippen molar-refractivity contribution >= 4 is 23.3 Å². The maximum Gasteiger partial charge on any atom is 0.341 e. The zero-order valence-electron chi connectivity index (χ0n) is 16.5. The number of nitro groups is 1. The number of anilines is 1. The van der Waals surface area contributed by atoms with Crippen molar-refractivity contribution in [3.05, 3.63) is 63.7 Å². The van der Waals surface area contributed by atoms with E-state index in [9.17, 15) is 19.7 Å². The van der Waals surface area contributed by atoms with Crippen molar-refractivity contribution in [3.8, 4) is 5.75 Å². The van der Waals surface area contributed by atoms with Crippen LogP contribution in [-0.4, -0.2) is 50.7 Å². The Morgan fingerprint density at radius 3 is 2.59 bits per heavy atom. The molecule has 0 fully saturated rings. The lowest BCUT2D eigenvalue weighted by Gasteiger charge is -2.16. The quantitative estimate of drug-likeness (QED) is 0.297. The number of benzene rings is 2. The summed E-state index contributed by atoms with van der Waals surface area (Å²) in [6.45, 7) is 1.95. The summed E-state index contributed by atoms with van der Waals surface area (Å²) in [6, 6.07) is 11.4. The molecular formula is C20H23N3O6. The van der Waals surface area contributed by atoms with Crippen LogP contribution in [0.1, 0.15) is 15.9 Å². The van der Waals surface area contributed by atoms with Gasteiger partial charge >= 0.3 is 5.97 Å². The van der Waals surface area contributed by atoms with Crippen LogP contribution in [0.4, 0.5) is 11.4 Å². The molecule has 0 saturated heterocycles. The Labute approximate surface area is 168 Å². The van der Waals surface area contributed by atoms with Crippen LogP contribution < -0.4 is 15.0 Å². The molecule has 0 saturated carbocycles. The highest BCUT2D eigenvalue weighted by molar-refractivity contribution is 5.97. The van der Waals surface area contributed by atoms with Crippen molar-refractivity contribution in [2.45, 2.75) is 6.92 Å². The van der Waals surface area contributed by atoms with Crippen LogP contribution >= 0.6 is 0 Å². The first kappa shape index (κ1) is 21.7. The van der Waals surface area contributed by atoms with Crippen LogP contribution in [0.25, 0.3) is 0 Å². The minimum absolute atomic E-state index is 0.0137. The van der Waals surface area contributed by atoms with E-state index in [-0.39, 0.29) is 24.4 Å². The van der Waals surface area contributed by atoms with Crippen molar-refractivity contribution < 1.29 is 24.0 Å². The molecule has 0 atom stereocenters. The van der Waals surface area contributed by atoms with Gasteiger partial charge in [-0.2, -0.15) is 0 Å². The zero-order chi connectivity index (χ0) is 21.4. The Bertz CT molecular complexity index is 898. The lowest BCUT2D eigenvalue weighted by molar-refractivity contribution is -0.384. The molecule has 0 aliphatic heterocycles. The molecule has 9 nitrogen and oxygen atoms in total. The van der Waals surface area contributed by atoms with Gasteiger partial charge in [0, 0.05) is 26.2 Å². The second kappa shape index (κ2) is 10.1. The molecule has 0 bridgehead atoms. The van der Waals surface area contributed by atoms with E-state index in [0.717, 1.165) is 11.6 Å². The Morgan fingerprint density at radius 2 is 1.93 bits per heavy atom. The van der Waals surface area contributed by atoms with E-state index in [1.807, 2.05) is 31.2 Å². The van der Waals surface area contributed by atoms with E-state index in [1.165, 1.54) is 12.1 Å². The van der Waals surface area contributed by atoms with E-state index in [1.54, 1.807) is 19.0 Å². The smallest absolute Gasteiger partial charge is 0.341 e. The molecule has 29 heavy (non-hydrogen) atoms. The van der Waals surface area contributed by atoms with Crippen LogP contribution in [-0.2, 0) is 9.53 Å². The van der Waals surface area contributed by atoms with Gasteiger partial charge in [-0.15, -0.1) is 0 Å². The minimum Gasteiger partial charge on any atom is -0.492 e. The van der Waals surface area contributed by atoms with Gasteiger partial charge in [-0.1, -0.05) is 12.1 Å². The topological polar surface area (TPSA) is 111 Å². The predicted molar refractivity (Wildman–Crippen MR) is 107 cm³/mol. The molecule has 0 aliphatic rings. The highest BCUT2D eigenvalue weighted by Crippen LogP contribution is 2.24. The third kappa shape index (κ3) is 6.49. The summed E-state index contributed by atoms with van der Waals surface area (Å²) in [6.07, 6.45) is 0. The monoisotopic (exact) mass is 401 g/mol. The number of aryl methyl sites for hydroxylation is 1. The van der Waals surface area contributed by atoms with Crippen LogP contribution in [0.15, 0.2) is 42.5 Å². The number of hydrogen-bond donors (Lipinski definition) is 1. The first-order valence-electron chi connectivity index (χ1n) is 8.87. The Balaban J connectivity index is 1.84. The van der Waals surface area contributed by atoms with E-state index in [0.29, 0.717) is 11.4 Å². The first-order valence-corrected chi connectivity index (χ1v) is 8.87. The minimum atomic E-state index is -0.816. The number of carbonyl (C=O) groups excluding carboxylic acids is 2. The molecule has 0 aromatic heterocycles. The Hall–Kier alpha value is -3.62. The first-order chi connectivity index (χ1) is 13.8. The number of nitrogens with zero attached hydrogens (tertiary/aromatic N) is 2. The fourth-order valence-electron chi connectivity index (χ4n) is 2.52. The molecule has 1 amide bonds. The van der Waals surface area contributed by atoms with Crippen LogP contribution in [0.5, 0.6) is 5.75 Å². The van der Waals surface area contributed by atoms with Gasteiger partial charge < -0.3 is 19.7 Å². The van der Waals surface area contributed by atoms with Crippen LogP contribution in [0.3, 0.4) is 0 Å². The van der Waals surface area contributed by atoms with Crippen molar-refractivity contribution in [2.75, 3.05) is 38.8 Å². The third-order valence-corrected chi connectivity index (χ3v) is 3.91. The average molecular weight is 401 g/mol. The second-order valence-electron chi connectivity index (χ2n) is 6.44. The number of esters is 1. The highest BCUT2D eigenvalue weighted by Gasteiger charge is 2.20. The molecule has 1 N–H and O–H groups in total. The average Bonchev–Trinajstić information content (AvgIpc) is 2.68. The van der Waals surface area contributed by atoms with Crippen molar-refractivity contribution in [1.82, 2.24) is 5.32 Å². The Kier molecular flexibility index (Phi) is 7.53. The molecule has 9 heteroatoms. The van der Waals surface area contributed by atoms with Crippen molar-refractivity contribution in [2.24, 2.45) is 0 Å². The molecule has 154 valence electrons. The summed E-state index contributed by atoms with van der Waals surface area (Å²) in [7, 11) is 3.39. The second-order valence-corrected chi connectivity index (χ2v) is 6.44. The number of rotatable bonds is 9. The van der Waals surface area contributed by atoms with Gasteiger partial charge in [-0.3, -0.25) is 14.9 Å².